The van der Waals surface area contributed by atoms with Gasteiger partial charge in [-0.3, -0.25) is 9.79 Å². The Balaban J connectivity index is 2.51. The van der Waals surface area contributed by atoms with Gasteiger partial charge in [0.1, 0.15) is 6.04 Å². The molecule has 1 aliphatic heterocycles. The monoisotopic (exact) mass is 196 g/mol. The lowest BCUT2D eigenvalue weighted by molar-refractivity contribution is -0.141. The molecule has 1 atom stereocenters. The van der Waals surface area contributed by atoms with Crippen molar-refractivity contribution in [2.75, 3.05) is 0 Å². The van der Waals surface area contributed by atoms with Gasteiger partial charge < -0.3 is 10.4 Å². The van der Waals surface area contributed by atoms with Crippen LogP contribution in [-0.4, -0.2) is 29.2 Å². The second kappa shape index (κ2) is 4.55. The van der Waals surface area contributed by atoms with Crippen molar-refractivity contribution < 1.29 is 14.7 Å². The van der Waals surface area contributed by atoms with Crippen LogP contribution in [0.5, 0.6) is 0 Å². The average molecular weight is 196 g/mol. The molecule has 0 aliphatic carbocycles. The molecule has 0 aromatic rings. The highest BCUT2D eigenvalue weighted by molar-refractivity contribution is 5.82. The van der Waals surface area contributed by atoms with Crippen LogP contribution < -0.4 is 5.32 Å². The Morgan fingerprint density at radius 1 is 1.71 bits per heavy atom. The Kier molecular flexibility index (Phi) is 3.39. The summed E-state index contributed by atoms with van der Waals surface area (Å²) in [4.78, 5) is 25.3. The quantitative estimate of drug-likeness (QED) is 0.679. The van der Waals surface area contributed by atoms with Gasteiger partial charge in [0.25, 0.3) is 0 Å². The van der Waals surface area contributed by atoms with Crippen molar-refractivity contribution in [2.24, 2.45) is 4.99 Å². The number of aliphatic imine (C=N–C) groups is 1. The summed E-state index contributed by atoms with van der Waals surface area (Å²) in [7, 11) is 0. The molecule has 2 N–H and O–H groups in total. The Morgan fingerprint density at radius 2 is 2.43 bits per heavy atom. The second-order valence-corrected chi connectivity index (χ2v) is 3.12. The first-order chi connectivity index (χ1) is 6.59. The lowest BCUT2D eigenvalue weighted by Gasteiger charge is -2.12. The Morgan fingerprint density at radius 3 is 2.86 bits per heavy atom. The first-order valence-electron chi connectivity index (χ1n) is 4.29. The van der Waals surface area contributed by atoms with E-state index in [1.54, 1.807) is 12.4 Å². The highest BCUT2D eigenvalue weighted by Crippen LogP contribution is 2.13. The number of nitrogens with one attached hydrogen (secondary N) is 1. The van der Waals surface area contributed by atoms with Gasteiger partial charge in [0.15, 0.2) is 0 Å². The third-order valence-corrected chi connectivity index (χ3v) is 1.86. The van der Waals surface area contributed by atoms with Gasteiger partial charge >= 0.3 is 5.97 Å². The summed E-state index contributed by atoms with van der Waals surface area (Å²) in [6.45, 7) is 1.30. The van der Waals surface area contributed by atoms with Crippen LogP contribution in [0.1, 0.15) is 19.8 Å². The SMILES string of the molecule is CC(=O)NC(CC1=CN=CC1)C(=O)O. The van der Waals surface area contributed by atoms with Gasteiger partial charge in [0.2, 0.25) is 5.91 Å². The van der Waals surface area contributed by atoms with Crippen LogP contribution in [-0.2, 0) is 9.59 Å². The van der Waals surface area contributed by atoms with E-state index in [1.165, 1.54) is 6.92 Å². The molecule has 1 unspecified atom stereocenters. The van der Waals surface area contributed by atoms with Crippen molar-refractivity contribution in [3.63, 3.8) is 0 Å². The van der Waals surface area contributed by atoms with Crippen molar-refractivity contribution in [2.45, 2.75) is 25.8 Å². The van der Waals surface area contributed by atoms with Crippen LogP contribution in [0.4, 0.5) is 0 Å². The molecule has 0 bridgehead atoms. The summed E-state index contributed by atoms with van der Waals surface area (Å²) in [6.07, 6.45) is 4.33. The van der Waals surface area contributed by atoms with Crippen LogP contribution in [0.15, 0.2) is 16.8 Å². The molecule has 0 saturated heterocycles. The van der Waals surface area contributed by atoms with E-state index in [-0.39, 0.29) is 5.91 Å². The number of carboxylic acid groups (broad SMARTS) is 1. The van der Waals surface area contributed by atoms with Crippen LogP contribution in [0, 0.1) is 0 Å². The summed E-state index contributed by atoms with van der Waals surface area (Å²) in [5.74, 6) is -1.36. The van der Waals surface area contributed by atoms with Crippen LogP contribution in [0.25, 0.3) is 0 Å². The van der Waals surface area contributed by atoms with E-state index >= 15 is 0 Å². The molecular formula is C9H12N2O3. The Labute approximate surface area is 81.5 Å². The molecular weight excluding hydrogens is 184 g/mol. The minimum atomic E-state index is -1.02. The third-order valence-electron chi connectivity index (χ3n) is 1.86. The minimum Gasteiger partial charge on any atom is -0.480 e. The lowest BCUT2D eigenvalue weighted by Crippen LogP contribution is -2.39. The zero-order valence-corrected chi connectivity index (χ0v) is 7.86. The van der Waals surface area contributed by atoms with E-state index < -0.39 is 12.0 Å². The van der Waals surface area contributed by atoms with Crippen LogP contribution in [0.2, 0.25) is 0 Å². The molecule has 0 radical (unpaired) electrons. The molecule has 1 rings (SSSR count). The molecule has 0 spiro atoms. The zero-order valence-electron chi connectivity index (χ0n) is 7.86. The average Bonchev–Trinajstić information content (AvgIpc) is 2.54. The maximum atomic E-state index is 10.7. The molecule has 0 aromatic carbocycles. The fourth-order valence-electron chi connectivity index (χ4n) is 1.22. The Bertz CT molecular complexity index is 307. The molecule has 1 aliphatic rings. The van der Waals surface area contributed by atoms with Gasteiger partial charge in [-0.2, -0.15) is 0 Å². The van der Waals surface area contributed by atoms with Crippen molar-refractivity contribution in [1.29, 1.82) is 0 Å². The predicted molar refractivity (Wildman–Crippen MR) is 51.0 cm³/mol. The van der Waals surface area contributed by atoms with Crippen molar-refractivity contribution in [3.05, 3.63) is 11.8 Å². The highest BCUT2D eigenvalue weighted by Gasteiger charge is 2.20. The number of hydrogen-bond acceptors (Lipinski definition) is 3. The number of carbonyl (C=O) groups is 2. The molecule has 0 aromatic heterocycles. The Hall–Kier alpha value is -1.65. The number of rotatable bonds is 4. The van der Waals surface area contributed by atoms with Gasteiger partial charge in [0, 0.05) is 32.2 Å². The number of amides is 1. The highest BCUT2D eigenvalue weighted by atomic mass is 16.4. The first-order valence-corrected chi connectivity index (χ1v) is 4.29. The van der Waals surface area contributed by atoms with E-state index in [0.29, 0.717) is 12.8 Å². The fourth-order valence-corrected chi connectivity index (χ4v) is 1.22. The summed E-state index contributed by atoms with van der Waals surface area (Å²) in [6, 6.07) is -0.847. The summed E-state index contributed by atoms with van der Waals surface area (Å²) < 4.78 is 0. The first kappa shape index (κ1) is 10.4. The van der Waals surface area contributed by atoms with Crippen molar-refractivity contribution in [3.8, 4) is 0 Å². The number of carboxylic acids is 1. The summed E-state index contributed by atoms with van der Waals surface area (Å²) in [5, 5.41) is 11.2. The van der Waals surface area contributed by atoms with E-state index in [1.807, 2.05) is 0 Å². The summed E-state index contributed by atoms with van der Waals surface area (Å²) >= 11 is 0. The standard InChI is InChI=1S/C9H12N2O3/c1-6(12)11-8(9(13)14)4-7-2-3-10-5-7/h3,5,8H,2,4H2,1H3,(H,11,12)(H,13,14). The molecule has 1 heterocycles. The van der Waals surface area contributed by atoms with Gasteiger partial charge in [-0.1, -0.05) is 0 Å². The van der Waals surface area contributed by atoms with E-state index in [4.69, 9.17) is 5.11 Å². The predicted octanol–water partition coefficient (Wildman–Crippen LogP) is 0.324. The van der Waals surface area contributed by atoms with Gasteiger partial charge in [-0.15, -0.1) is 0 Å². The zero-order chi connectivity index (χ0) is 10.6. The van der Waals surface area contributed by atoms with Crippen LogP contribution >= 0.6 is 0 Å². The number of aliphatic carboxylic acids is 1. The lowest BCUT2D eigenvalue weighted by atomic mass is 10.1. The number of nitrogens with zero attached hydrogens (tertiary/aromatic N) is 1. The molecule has 5 nitrogen and oxygen atoms in total. The molecule has 5 heteroatoms. The van der Waals surface area contributed by atoms with Gasteiger partial charge in [0.05, 0.1) is 0 Å². The van der Waals surface area contributed by atoms with Crippen molar-refractivity contribution >= 4 is 18.1 Å². The van der Waals surface area contributed by atoms with E-state index in [2.05, 4.69) is 10.3 Å². The third kappa shape index (κ3) is 3.01. The smallest absolute Gasteiger partial charge is 0.326 e. The molecule has 1 amide bonds. The van der Waals surface area contributed by atoms with E-state index in [9.17, 15) is 9.59 Å². The van der Waals surface area contributed by atoms with Crippen LogP contribution in [0.3, 0.4) is 0 Å². The molecule has 0 saturated carbocycles. The summed E-state index contributed by atoms with van der Waals surface area (Å²) in [5.41, 5.74) is 0.922. The van der Waals surface area contributed by atoms with Gasteiger partial charge in [-0.25, -0.2) is 4.79 Å². The molecule has 14 heavy (non-hydrogen) atoms. The normalized spacial score (nSPS) is 16.2. The topological polar surface area (TPSA) is 78.8 Å². The van der Waals surface area contributed by atoms with Gasteiger partial charge in [-0.05, 0) is 5.57 Å². The van der Waals surface area contributed by atoms with E-state index in [0.717, 1.165) is 5.57 Å². The fraction of sp³-hybridized carbons (Fsp3) is 0.444. The largest absolute Gasteiger partial charge is 0.480 e. The maximum Gasteiger partial charge on any atom is 0.326 e. The second-order valence-electron chi connectivity index (χ2n) is 3.12. The maximum absolute atomic E-state index is 10.7. The molecule has 76 valence electrons. The number of carbonyl (C=O) groups excluding carboxylic acids is 1. The molecule has 0 fully saturated rings. The number of hydrogen-bond donors (Lipinski definition) is 2. The van der Waals surface area contributed by atoms with Crippen molar-refractivity contribution in [1.82, 2.24) is 5.32 Å². The minimum absolute atomic E-state index is 0.314.